The molecule has 0 bridgehead atoms. The smallest absolute Gasteiger partial charge is 0.187 e. The summed E-state index contributed by atoms with van der Waals surface area (Å²) in [6, 6.07) is 10.3. The second-order valence-electron chi connectivity index (χ2n) is 3.78. The van der Waals surface area contributed by atoms with Gasteiger partial charge in [-0.25, -0.2) is 0 Å². The highest BCUT2D eigenvalue weighted by molar-refractivity contribution is 7.80. The van der Waals surface area contributed by atoms with Crippen LogP contribution in [0.25, 0.3) is 0 Å². The van der Waals surface area contributed by atoms with Gasteiger partial charge in [0.1, 0.15) is 0 Å². The molecule has 2 N–H and O–H groups in total. The van der Waals surface area contributed by atoms with Crippen LogP contribution in [-0.2, 0) is 0 Å². The molecule has 0 aliphatic rings. The van der Waals surface area contributed by atoms with Crippen LogP contribution in [0, 0.1) is 0 Å². The molecule has 3 nitrogen and oxygen atoms in total. The van der Waals surface area contributed by atoms with Gasteiger partial charge in [0.25, 0.3) is 0 Å². The van der Waals surface area contributed by atoms with Crippen LogP contribution in [0.5, 0.6) is 0 Å². The lowest BCUT2D eigenvalue weighted by Gasteiger charge is -2.15. The van der Waals surface area contributed by atoms with Crippen LogP contribution in [-0.4, -0.2) is 10.8 Å². The number of hydrazone groups is 1. The summed E-state index contributed by atoms with van der Waals surface area (Å²) in [5.74, 6) is 0. The number of hydrogen-bond donors (Lipinski definition) is 2. The zero-order valence-electron chi connectivity index (χ0n) is 9.82. The fourth-order valence-electron chi connectivity index (χ4n) is 1.22. The molecule has 0 aromatic heterocycles. The fraction of sp³-hybridized carbons (Fsp3) is 0.333. The van der Waals surface area contributed by atoms with Crippen LogP contribution in [0.2, 0.25) is 0 Å². The highest BCUT2D eigenvalue weighted by Crippen LogP contribution is 2.10. The van der Waals surface area contributed by atoms with E-state index < -0.39 is 0 Å². The van der Waals surface area contributed by atoms with Gasteiger partial charge in [0.15, 0.2) is 5.11 Å². The monoisotopic (exact) mass is 235 g/mol. The van der Waals surface area contributed by atoms with Crippen molar-refractivity contribution >= 4 is 23.0 Å². The first-order valence-corrected chi connectivity index (χ1v) is 5.62. The molecular weight excluding hydrogens is 218 g/mol. The Hall–Kier alpha value is -1.42. The number of hydrogen-bond acceptors (Lipinski definition) is 2. The van der Waals surface area contributed by atoms with Gasteiger partial charge in [-0.2, -0.15) is 5.10 Å². The van der Waals surface area contributed by atoms with Crippen LogP contribution in [0.1, 0.15) is 32.4 Å². The molecule has 86 valence electrons. The second-order valence-corrected chi connectivity index (χ2v) is 4.18. The topological polar surface area (TPSA) is 36.4 Å². The standard InChI is InChI=1S/C12H17N3S/c1-9(2)14-15-12(16)13-10(3)11-7-5-4-6-8-11/h4-8,10H,1-3H3,(H2,13,15,16). The maximum Gasteiger partial charge on any atom is 0.187 e. The van der Waals surface area contributed by atoms with Gasteiger partial charge in [-0.3, -0.25) is 5.43 Å². The lowest BCUT2D eigenvalue weighted by atomic mass is 10.1. The Morgan fingerprint density at radius 3 is 2.44 bits per heavy atom. The Labute approximate surface area is 102 Å². The van der Waals surface area contributed by atoms with Gasteiger partial charge >= 0.3 is 0 Å². The highest BCUT2D eigenvalue weighted by atomic mass is 32.1. The Morgan fingerprint density at radius 2 is 1.88 bits per heavy atom. The molecule has 0 spiro atoms. The molecule has 1 aromatic rings. The lowest BCUT2D eigenvalue weighted by Crippen LogP contribution is -2.34. The minimum Gasteiger partial charge on any atom is -0.355 e. The summed E-state index contributed by atoms with van der Waals surface area (Å²) in [5, 5.41) is 7.74. The molecule has 16 heavy (non-hydrogen) atoms. The molecule has 0 aliphatic heterocycles. The van der Waals surface area contributed by atoms with E-state index in [-0.39, 0.29) is 6.04 Å². The largest absolute Gasteiger partial charge is 0.355 e. The summed E-state index contributed by atoms with van der Waals surface area (Å²) in [7, 11) is 0. The van der Waals surface area contributed by atoms with E-state index in [1.807, 2.05) is 32.0 Å². The Balaban J connectivity index is 2.49. The van der Waals surface area contributed by atoms with Gasteiger partial charge in [-0.05, 0) is 38.6 Å². The van der Waals surface area contributed by atoms with Crippen molar-refractivity contribution in [2.24, 2.45) is 5.10 Å². The number of rotatable bonds is 3. The van der Waals surface area contributed by atoms with Gasteiger partial charge in [0.05, 0.1) is 6.04 Å². The van der Waals surface area contributed by atoms with E-state index in [9.17, 15) is 0 Å². The normalized spacial score (nSPS) is 11.4. The number of benzene rings is 1. The highest BCUT2D eigenvalue weighted by Gasteiger charge is 2.05. The third kappa shape index (κ3) is 4.40. The Morgan fingerprint density at radius 1 is 1.25 bits per heavy atom. The van der Waals surface area contributed by atoms with E-state index in [1.165, 1.54) is 5.56 Å². The van der Waals surface area contributed by atoms with Crippen molar-refractivity contribution < 1.29 is 0 Å². The van der Waals surface area contributed by atoms with Crippen LogP contribution in [0.4, 0.5) is 0 Å². The van der Waals surface area contributed by atoms with Gasteiger partial charge < -0.3 is 5.32 Å². The van der Waals surface area contributed by atoms with Crippen LogP contribution >= 0.6 is 12.2 Å². The average Bonchev–Trinajstić information content (AvgIpc) is 2.27. The summed E-state index contributed by atoms with van der Waals surface area (Å²) in [6.45, 7) is 5.89. The van der Waals surface area contributed by atoms with Gasteiger partial charge in [-0.1, -0.05) is 30.3 Å². The number of nitrogens with zero attached hydrogens (tertiary/aromatic N) is 1. The van der Waals surface area contributed by atoms with Crippen molar-refractivity contribution in [2.45, 2.75) is 26.8 Å². The van der Waals surface area contributed by atoms with Crippen LogP contribution in [0.15, 0.2) is 35.4 Å². The van der Waals surface area contributed by atoms with E-state index in [4.69, 9.17) is 12.2 Å². The number of nitrogens with one attached hydrogen (secondary N) is 2. The zero-order chi connectivity index (χ0) is 12.0. The molecule has 0 aliphatic carbocycles. The van der Waals surface area contributed by atoms with Crippen molar-refractivity contribution in [2.75, 3.05) is 0 Å². The summed E-state index contributed by atoms with van der Waals surface area (Å²) < 4.78 is 0. The van der Waals surface area contributed by atoms with Crippen LogP contribution < -0.4 is 10.7 Å². The van der Waals surface area contributed by atoms with Crippen molar-refractivity contribution in [3.63, 3.8) is 0 Å². The minimum absolute atomic E-state index is 0.175. The summed E-state index contributed by atoms with van der Waals surface area (Å²) in [5.41, 5.74) is 4.93. The first-order chi connectivity index (χ1) is 7.59. The molecule has 0 radical (unpaired) electrons. The summed E-state index contributed by atoms with van der Waals surface area (Å²) in [6.07, 6.45) is 0. The van der Waals surface area contributed by atoms with Crippen LogP contribution in [0.3, 0.4) is 0 Å². The molecule has 1 rings (SSSR count). The first-order valence-electron chi connectivity index (χ1n) is 5.22. The van der Waals surface area contributed by atoms with Crippen molar-refractivity contribution in [3.8, 4) is 0 Å². The molecule has 4 heteroatoms. The fourth-order valence-corrected chi connectivity index (χ4v) is 1.44. The lowest BCUT2D eigenvalue weighted by molar-refractivity contribution is 0.704. The predicted octanol–water partition coefficient (Wildman–Crippen LogP) is 2.61. The zero-order valence-corrected chi connectivity index (χ0v) is 10.6. The van der Waals surface area contributed by atoms with E-state index in [0.717, 1.165) is 5.71 Å². The molecule has 1 aromatic carbocycles. The third-order valence-corrected chi connectivity index (χ3v) is 2.24. The van der Waals surface area contributed by atoms with Gasteiger partial charge in [0.2, 0.25) is 0 Å². The Bertz CT molecular complexity index is 369. The molecule has 1 atom stereocenters. The molecule has 0 heterocycles. The maximum atomic E-state index is 5.12. The minimum atomic E-state index is 0.175. The molecule has 0 saturated heterocycles. The number of thiocarbonyl (C=S) groups is 1. The first kappa shape index (κ1) is 12.6. The van der Waals surface area contributed by atoms with Gasteiger partial charge in [-0.15, -0.1) is 0 Å². The van der Waals surface area contributed by atoms with Crippen molar-refractivity contribution in [1.82, 2.24) is 10.7 Å². The third-order valence-electron chi connectivity index (χ3n) is 2.03. The molecule has 0 amide bonds. The molecular formula is C12H17N3S. The van der Waals surface area contributed by atoms with E-state index in [0.29, 0.717) is 5.11 Å². The van der Waals surface area contributed by atoms with E-state index in [1.54, 1.807) is 0 Å². The quantitative estimate of drug-likeness (QED) is 0.480. The van der Waals surface area contributed by atoms with Gasteiger partial charge in [0, 0.05) is 5.71 Å². The molecule has 0 fully saturated rings. The summed E-state index contributed by atoms with van der Waals surface area (Å²) >= 11 is 5.12. The summed E-state index contributed by atoms with van der Waals surface area (Å²) in [4.78, 5) is 0. The van der Waals surface area contributed by atoms with E-state index >= 15 is 0 Å². The second kappa shape index (κ2) is 6.23. The predicted molar refractivity (Wildman–Crippen MR) is 72.5 cm³/mol. The maximum absolute atomic E-state index is 5.12. The SMILES string of the molecule is CC(C)=NNC(=S)NC(C)c1ccccc1. The molecule has 1 unspecified atom stereocenters. The average molecular weight is 235 g/mol. The molecule has 0 saturated carbocycles. The van der Waals surface area contributed by atoms with Crippen molar-refractivity contribution in [1.29, 1.82) is 0 Å². The Kier molecular flexibility index (Phi) is 4.92. The van der Waals surface area contributed by atoms with Crippen molar-refractivity contribution in [3.05, 3.63) is 35.9 Å². The van der Waals surface area contributed by atoms with E-state index in [2.05, 4.69) is 34.9 Å².